The van der Waals surface area contributed by atoms with Gasteiger partial charge in [0.1, 0.15) is 0 Å². The lowest BCUT2D eigenvalue weighted by atomic mass is 10.0. The zero-order valence-corrected chi connectivity index (χ0v) is 13.0. The van der Waals surface area contributed by atoms with Gasteiger partial charge in [-0.15, -0.1) is 11.3 Å². The Morgan fingerprint density at radius 2 is 2.05 bits per heavy atom. The number of anilines is 2. The van der Waals surface area contributed by atoms with Crippen molar-refractivity contribution >= 4 is 33.6 Å². The normalized spacial score (nSPS) is 12.7. The molecule has 0 saturated carbocycles. The van der Waals surface area contributed by atoms with E-state index < -0.39 is 0 Å². The maximum atomic E-state index is 5.84. The number of aromatic nitrogens is 1. The third-order valence-electron chi connectivity index (χ3n) is 3.59. The van der Waals surface area contributed by atoms with Crippen LogP contribution in [-0.2, 0) is 0 Å². The van der Waals surface area contributed by atoms with Gasteiger partial charge in [0, 0.05) is 27.8 Å². The number of hydrogen-bond acceptors (Lipinski definition) is 4. The number of rotatable bonds is 4. The van der Waals surface area contributed by atoms with Crippen LogP contribution in [0.25, 0.3) is 10.9 Å². The van der Waals surface area contributed by atoms with Crippen molar-refractivity contribution < 1.29 is 0 Å². The second-order valence-corrected chi connectivity index (χ2v) is 6.50. The molecule has 1 aromatic carbocycles. The summed E-state index contributed by atoms with van der Waals surface area (Å²) in [5, 5.41) is 6.90. The van der Waals surface area contributed by atoms with Crippen LogP contribution in [0.3, 0.4) is 0 Å². The zero-order chi connectivity index (χ0) is 14.8. The third-order valence-corrected chi connectivity index (χ3v) is 4.55. The Hall–Kier alpha value is -2.07. The monoisotopic (exact) mass is 297 g/mol. The van der Waals surface area contributed by atoms with Crippen molar-refractivity contribution in [3.63, 3.8) is 0 Å². The minimum Gasteiger partial charge on any atom is -0.399 e. The third kappa shape index (κ3) is 2.85. The highest BCUT2D eigenvalue weighted by Gasteiger charge is 2.17. The summed E-state index contributed by atoms with van der Waals surface area (Å²) in [7, 11) is 0. The van der Waals surface area contributed by atoms with Crippen LogP contribution in [0.4, 0.5) is 11.4 Å². The molecule has 3 rings (SSSR count). The lowest BCUT2D eigenvalue weighted by molar-refractivity contribution is 0.554. The van der Waals surface area contributed by atoms with Crippen LogP contribution in [0.5, 0.6) is 0 Å². The van der Waals surface area contributed by atoms with E-state index in [0.29, 0.717) is 12.0 Å². The van der Waals surface area contributed by atoms with Crippen molar-refractivity contribution in [1.82, 2.24) is 4.98 Å². The minimum absolute atomic E-state index is 0.299. The highest BCUT2D eigenvalue weighted by Crippen LogP contribution is 2.32. The Kier molecular flexibility index (Phi) is 3.80. The first-order valence-corrected chi connectivity index (χ1v) is 7.97. The average Bonchev–Trinajstić information content (AvgIpc) is 2.97. The van der Waals surface area contributed by atoms with Crippen molar-refractivity contribution in [2.45, 2.75) is 19.9 Å². The summed E-state index contributed by atoms with van der Waals surface area (Å²) in [6.07, 6.45) is 1.83. The van der Waals surface area contributed by atoms with Gasteiger partial charge >= 0.3 is 0 Å². The van der Waals surface area contributed by atoms with Crippen LogP contribution in [0, 0.1) is 5.92 Å². The van der Waals surface area contributed by atoms with Gasteiger partial charge in [0.15, 0.2) is 0 Å². The van der Waals surface area contributed by atoms with E-state index in [2.05, 4.69) is 41.7 Å². The molecule has 0 fully saturated rings. The molecule has 3 N–H and O–H groups in total. The molecular weight excluding hydrogens is 278 g/mol. The topological polar surface area (TPSA) is 50.9 Å². The molecule has 1 unspecified atom stereocenters. The minimum atomic E-state index is 0.299. The molecule has 0 aliphatic rings. The van der Waals surface area contributed by atoms with Crippen molar-refractivity contribution in [2.24, 2.45) is 5.92 Å². The quantitative estimate of drug-likeness (QED) is 0.687. The van der Waals surface area contributed by atoms with Crippen LogP contribution >= 0.6 is 11.3 Å². The molecule has 0 bridgehead atoms. The summed E-state index contributed by atoms with van der Waals surface area (Å²) < 4.78 is 0. The van der Waals surface area contributed by atoms with E-state index in [4.69, 9.17) is 5.73 Å². The van der Waals surface area contributed by atoms with Crippen LogP contribution < -0.4 is 11.1 Å². The Morgan fingerprint density at radius 3 is 2.76 bits per heavy atom. The van der Waals surface area contributed by atoms with Crippen LogP contribution in [-0.4, -0.2) is 4.98 Å². The number of nitrogen functional groups attached to an aromatic ring is 1. The average molecular weight is 297 g/mol. The molecule has 1 atom stereocenters. The van der Waals surface area contributed by atoms with Crippen LogP contribution in [0.15, 0.2) is 48.0 Å². The highest BCUT2D eigenvalue weighted by molar-refractivity contribution is 7.10. The number of nitrogens with zero attached hydrogens (tertiary/aromatic N) is 1. The molecule has 3 nitrogen and oxygen atoms in total. The van der Waals surface area contributed by atoms with Crippen molar-refractivity contribution in [3.8, 4) is 0 Å². The first kappa shape index (κ1) is 13.9. The van der Waals surface area contributed by atoms with E-state index >= 15 is 0 Å². The SMILES string of the molecule is CC(C)C(Nc1ccnc2cc(N)ccc12)c1cccs1. The molecule has 2 heterocycles. The molecule has 0 amide bonds. The first-order chi connectivity index (χ1) is 10.1. The van der Waals surface area contributed by atoms with Gasteiger partial charge in [0.2, 0.25) is 0 Å². The largest absolute Gasteiger partial charge is 0.399 e. The highest BCUT2D eigenvalue weighted by atomic mass is 32.1. The smallest absolute Gasteiger partial charge is 0.0743 e. The summed E-state index contributed by atoms with van der Waals surface area (Å²) in [4.78, 5) is 5.75. The number of benzene rings is 1. The second kappa shape index (κ2) is 5.74. The lowest BCUT2D eigenvalue weighted by Crippen LogP contribution is -2.15. The number of nitrogens with two attached hydrogens (primary N) is 1. The molecule has 108 valence electrons. The fraction of sp³-hybridized carbons (Fsp3) is 0.235. The first-order valence-electron chi connectivity index (χ1n) is 7.09. The van der Waals surface area contributed by atoms with Crippen molar-refractivity contribution in [1.29, 1.82) is 0 Å². The van der Waals surface area contributed by atoms with E-state index in [1.165, 1.54) is 4.88 Å². The molecule has 3 aromatic rings. The van der Waals surface area contributed by atoms with E-state index in [0.717, 1.165) is 22.3 Å². The molecular formula is C17H19N3S. The number of nitrogens with one attached hydrogen (secondary N) is 1. The number of hydrogen-bond donors (Lipinski definition) is 2. The maximum absolute atomic E-state index is 5.84. The van der Waals surface area contributed by atoms with Crippen LogP contribution in [0.2, 0.25) is 0 Å². The van der Waals surface area contributed by atoms with Crippen LogP contribution in [0.1, 0.15) is 24.8 Å². The van der Waals surface area contributed by atoms with Crippen molar-refractivity contribution in [2.75, 3.05) is 11.1 Å². The van der Waals surface area contributed by atoms with E-state index in [9.17, 15) is 0 Å². The van der Waals surface area contributed by atoms with Gasteiger partial charge in [-0.1, -0.05) is 19.9 Å². The van der Waals surface area contributed by atoms with E-state index in [1.807, 2.05) is 30.5 Å². The summed E-state index contributed by atoms with van der Waals surface area (Å²) >= 11 is 1.79. The Bertz CT molecular complexity index is 735. The second-order valence-electron chi connectivity index (χ2n) is 5.52. The van der Waals surface area contributed by atoms with Gasteiger partial charge in [-0.05, 0) is 41.6 Å². The van der Waals surface area contributed by atoms with Crippen molar-refractivity contribution in [3.05, 3.63) is 52.9 Å². The van der Waals surface area contributed by atoms with E-state index in [-0.39, 0.29) is 0 Å². The Labute approximate surface area is 128 Å². The summed E-state index contributed by atoms with van der Waals surface area (Å²) in [6, 6.07) is 12.5. The zero-order valence-electron chi connectivity index (χ0n) is 12.2. The number of thiophene rings is 1. The predicted octanol–water partition coefficient (Wildman–Crippen LogP) is 4.69. The molecule has 0 saturated heterocycles. The van der Waals surface area contributed by atoms with Gasteiger partial charge < -0.3 is 11.1 Å². The summed E-state index contributed by atoms with van der Waals surface area (Å²) in [5.41, 5.74) is 8.61. The summed E-state index contributed by atoms with van der Waals surface area (Å²) in [6.45, 7) is 4.47. The molecule has 2 aromatic heterocycles. The molecule has 0 spiro atoms. The van der Waals surface area contributed by atoms with Gasteiger partial charge in [0.05, 0.1) is 11.6 Å². The number of pyridine rings is 1. The molecule has 0 aliphatic carbocycles. The molecule has 0 aliphatic heterocycles. The Morgan fingerprint density at radius 1 is 1.19 bits per heavy atom. The molecule has 4 heteroatoms. The lowest BCUT2D eigenvalue weighted by Gasteiger charge is -2.23. The number of fused-ring (bicyclic) bond motifs is 1. The summed E-state index contributed by atoms with van der Waals surface area (Å²) in [5.74, 6) is 0.501. The van der Waals surface area contributed by atoms with E-state index in [1.54, 1.807) is 11.3 Å². The fourth-order valence-corrected chi connectivity index (χ4v) is 3.44. The predicted molar refractivity (Wildman–Crippen MR) is 91.7 cm³/mol. The van der Waals surface area contributed by atoms with Gasteiger partial charge in [-0.25, -0.2) is 0 Å². The fourth-order valence-electron chi connectivity index (χ4n) is 2.49. The molecule has 0 radical (unpaired) electrons. The van der Waals surface area contributed by atoms with Gasteiger partial charge in [-0.2, -0.15) is 0 Å². The standard InChI is InChI=1S/C17H19N3S/c1-11(2)17(16-4-3-9-21-16)20-14-7-8-19-15-10-12(18)5-6-13(14)15/h3-11,17H,18H2,1-2H3,(H,19,20). The maximum Gasteiger partial charge on any atom is 0.0743 e. The molecule has 21 heavy (non-hydrogen) atoms. The van der Waals surface area contributed by atoms with Gasteiger partial charge in [0.25, 0.3) is 0 Å². The Balaban J connectivity index is 2.00. The van der Waals surface area contributed by atoms with Gasteiger partial charge in [-0.3, -0.25) is 4.98 Å².